The van der Waals surface area contributed by atoms with Gasteiger partial charge in [0, 0.05) is 38.4 Å². The van der Waals surface area contributed by atoms with E-state index in [1.807, 2.05) is 25.1 Å². The summed E-state index contributed by atoms with van der Waals surface area (Å²) in [7, 11) is 3.30. The molecule has 0 saturated carbocycles. The highest BCUT2D eigenvalue weighted by Crippen LogP contribution is 2.46. The van der Waals surface area contributed by atoms with Gasteiger partial charge in [-0.3, -0.25) is 4.79 Å². The van der Waals surface area contributed by atoms with Gasteiger partial charge in [0.2, 0.25) is 0 Å². The highest BCUT2D eigenvalue weighted by molar-refractivity contribution is 8.01. The zero-order valence-corrected chi connectivity index (χ0v) is 35.1. The molecule has 1 aromatic carbocycles. The van der Waals surface area contributed by atoms with Crippen LogP contribution in [-0.2, 0) is 33.2 Å². The molecule has 0 spiro atoms. The third-order valence-electron chi connectivity index (χ3n) is 10.8. The number of unbranched alkanes of at least 4 members (excludes halogenated alkanes) is 13. The lowest BCUT2D eigenvalue weighted by atomic mass is 9.96. The van der Waals surface area contributed by atoms with Crippen LogP contribution in [-0.4, -0.2) is 80.3 Å². The maximum absolute atomic E-state index is 12.9. The van der Waals surface area contributed by atoms with E-state index in [4.69, 9.17) is 28.4 Å². The Hall–Kier alpha value is -1.64. The zero-order chi connectivity index (χ0) is 38.7. The van der Waals surface area contributed by atoms with E-state index in [0.29, 0.717) is 12.8 Å². The number of methoxy groups -OCH3 is 2. The van der Waals surface area contributed by atoms with E-state index in [1.165, 1.54) is 57.8 Å². The average Bonchev–Trinajstić information content (AvgIpc) is 3.76. The van der Waals surface area contributed by atoms with Gasteiger partial charge in [-0.05, 0) is 51.2 Å². The summed E-state index contributed by atoms with van der Waals surface area (Å²) in [5, 5.41) is 10.6. The van der Waals surface area contributed by atoms with Gasteiger partial charge in [-0.2, -0.15) is 0 Å². The summed E-state index contributed by atoms with van der Waals surface area (Å²) in [5.74, 6) is 6.39. The Bertz CT molecular complexity index is 1160. The van der Waals surface area contributed by atoms with Gasteiger partial charge in [0.25, 0.3) is 0 Å². The molecule has 9 heteroatoms. The van der Waals surface area contributed by atoms with Crippen molar-refractivity contribution >= 4 is 17.7 Å². The maximum Gasteiger partial charge on any atom is 0.322 e. The first kappa shape index (κ1) is 46.7. The first-order valence-electron chi connectivity index (χ1n) is 21.4. The Labute approximate surface area is 332 Å². The molecule has 0 radical (unpaired) electrons. The van der Waals surface area contributed by atoms with E-state index in [9.17, 15) is 9.90 Å². The number of hydrogen-bond acceptors (Lipinski definition) is 9. The molecule has 0 amide bonds. The predicted molar refractivity (Wildman–Crippen MR) is 218 cm³/mol. The van der Waals surface area contributed by atoms with Crippen LogP contribution in [0.25, 0.3) is 0 Å². The minimum atomic E-state index is -0.484. The van der Waals surface area contributed by atoms with Crippen molar-refractivity contribution in [2.75, 3.05) is 27.8 Å². The monoisotopic (exact) mass is 775 g/mol. The molecule has 0 aromatic heterocycles. The van der Waals surface area contributed by atoms with Crippen LogP contribution in [0.5, 0.6) is 0 Å². The van der Waals surface area contributed by atoms with Crippen LogP contribution in [0, 0.1) is 11.8 Å². The summed E-state index contributed by atoms with van der Waals surface area (Å²) in [6, 6.07) is 10.2. The maximum atomic E-state index is 12.9. The molecule has 2 fully saturated rings. The van der Waals surface area contributed by atoms with Gasteiger partial charge in [0.1, 0.15) is 24.4 Å². The number of benzene rings is 1. The Morgan fingerprint density at radius 2 is 1.33 bits per heavy atom. The first-order chi connectivity index (χ1) is 26.4. The lowest BCUT2D eigenvalue weighted by Gasteiger charge is -2.26. The second-order valence-electron chi connectivity index (χ2n) is 15.5. The van der Waals surface area contributed by atoms with Crippen molar-refractivity contribution in [2.45, 2.75) is 208 Å². The predicted octanol–water partition coefficient (Wildman–Crippen LogP) is 10.6. The molecule has 0 unspecified atom stereocenters. The van der Waals surface area contributed by atoms with Crippen LogP contribution in [0.1, 0.15) is 162 Å². The minimum absolute atomic E-state index is 0.0125. The number of cyclic esters (lactones) is 1. The Morgan fingerprint density at radius 1 is 0.778 bits per heavy atom. The van der Waals surface area contributed by atoms with Crippen molar-refractivity contribution in [3.05, 3.63) is 30.3 Å². The molecule has 308 valence electrons. The molecule has 3 rings (SSSR count). The average molecular weight is 775 g/mol. The van der Waals surface area contributed by atoms with E-state index < -0.39 is 10.9 Å². The van der Waals surface area contributed by atoms with Gasteiger partial charge in [-0.1, -0.05) is 121 Å². The van der Waals surface area contributed by atoms with Crippen LogP contribution in [0.4, 0.5) is 0 Å². The number of ether oxygens (including phenoxy) is 6. The van der Waals surface area contributed by atoms with E-state index in [2.05, 4.69) is 30.9 Å². The normalized spacial score (nSPS) is 22.8. The molecule has 8 nitrogen and oxygen atoms in total. The van der Waals surface area contributed by atoms with Gasteiger partial charge >= 0.3 is 5.97 Å². The Balaban J connectivity index is 1.32. The van der Waals surface area contributed by atoms with Crippen molar-refractivity contribution in [3.63, 3.8) is 0 Å². The molecule has 0 bridgehead atoms. The summed E-state index contributed by atoms with van der Waals surface area (Å²) in [5.41, 5.74) is 0. The molecule has 54 heavy (non-hydrogen) atoms. The molecule has 1 aromatic rings. The van der Waals surface area contributed by atoms with Crippen molar-refractivity contribution in [3.8, 4) is 11.8 Å². The summed E-state index contributed by atoms with van der Waals surface area (Å²) >= 11 is 1.66. The van der Waals surface area contributed by atoms with Crippen LogP contribution >= 0.6 is 11.8 Å². The van der Waals surface area contributed by atoms with Gasteiger partial charge in [-0.25, -0.2) is 0 Å². The minimum Gasteiger partial charge on any atom is -0.462 e. The van der Waals surface area contributed by atoms with Crippen LogP contribution < -0.4 is 0 Å². The van der Waals surface area contributed by atoms with E-state index in [-0.39, 0.29) is 50.1 Å². The largest absolute Gasteiger partial charge is 0.462 e. The molecule has 2 aliphatic rings. The third kappa shape index (κ3) is 18.5. The highest BCUT2D eigenvalue weighted by Gasteiger charge is 2.48. The molecular weight excluding hydrogens is 701 g/mol. The molecule has 2 heterocycles. The Morgan fingerprint density at radius 3 is 1.94 bits per heavy atom. The van der Waals surface area contributed by atoms with E-state index in [0.717, 1.165) is 81.9 Å². The van der Waals surface area contributed by atoms with Crippen molar-refractivity contribution in [1.82, 2.24) is 0 Å². The van der Waals surface area contributed by atoms with Crippen LogP contribution in [0.3, 0.4) is 0 Å². The van der Waals surface area contributed by atoms with Crippen molar-refractivity contribution in [1.29, 1.82) is 0 Å². The van der Waals surface area contributed by atoms with Gasteiger partial charge in [-0.15, -0.1) is 23.6 Å². The lowest BCUT2D eigenvalue weighted by Crippen LogP contribution is -2.34. The molecule has 0 aliphatic carbocycles. The quantitative estimate of drug-likeness (QED) is 0.0342. The first-order valence-corrected chi connectivity index (χ1v) is 22.2. The number of carbonyl (C=O) groups is 1. The number of aliphatic hydroxyl groups is 1. The fourth-order valence-corrected chi connectivity index (χ4v) is 9.21. The lowest BCUT2D eigenvalue weighted by molar-refractivity contribution is -0.156. The number of rotatable bonds is 31. The van der Waals surface area contributed by atoms with Crippen molar-refractivity contribution < 1.29 is 38.3 Å². The molecule has 2 saturated heterocycles. The molecule has 7 atom stereocenters. The summed E-state index contributed by atoms with van der Waals surface area (Å²) < 4.78 is 34.3. The fourth-order valence-electron chi connectivity index (χ4n) is 7.77. The van der Waals surface area contributed by atoms with Gasteiger partial charge in [0.05, 0.1) is 30.5 Å². The SMILES string of the molecule is CCCCCCCCCCCC[C@@H](OCOC)[C@H]1CC[C@H]([C@@H](CC#CC[C@@H](O)CCCCCCC[C@]2(Sc3ccccc3)C[C@H](C)OC2=O)OCOC)O1. The zero-order valence-electron chi connectivity index (χ0n) is 34.2. The fraction of sp³-hybridized carbons (Fsp3) is 0.800. The second-order valence-corrected chi connectivity index (χ2v) is 17.0. The molecular formula is C45H74O8S. The molecule has 2 aliphatic heterocycles. The van der Waals surface area contributed by atoms with Gasteiger partial charge in [0.15, 0.2) is 0 Å². The summed E-state index contributed by atoms with van der Waals surface area (Å²) in [6.45, 7) is 4.73. The van der Waals surface area contributed by atoms with Crippen LogP contribution in [0.15, 0.2) is 35.2 Å². The Kier molecular flexibility index (Phi) is 24.8. The van der Waals surface area contributed by atoms with E-state index >= 15 is 0 Å². The third-order valence-corrected chi connectivity index (χ3v) is 12.2. The topological polar surface area (TPSA) is 92.7 Å². The molecule has 1 N–H and O–H groups in total. The van der Waals surface area contributed by atoms with Crippen LogP contribution in [0.2, 0.25) is 0 Å². The number of esters is 1. The van der Waals surface area contributed by atoms with Gasteiger partial charge < -0.3 is 33.5 Å². The standard InChI is InChI=1S/C45H74O8S/c1-5-6-7-8-9-10-11-12-15-21-29-40(50-35-48-3)42-31-32-43(53-42)41(51-36-49-4)30-23-22-26-38(46)25-18-14-13-16-24-33-45(34-37(2)52-44(45)47)54-39-27-19-17-20-28-39/h17,19-20,27-28,37-38,40-43,46H,5-16,18,21,24-26,29-36H2,1-4H3/t37-,38-,40+,41+,42+,43+,45-/m0/s1. The van der Waals surface area contributed by atoms with Crippen molar-refractivity contribution in [2.24, 2.45) is 0 Å². The van der Waals surface area contributed by atoms with E-state index in [1.54, 1.807) is 26.0 Å². The number of hydrogen-bond donors (Lipinski definition) is 1. The smallest absolute Gasteiger partial charge is 0.322 e. The second kappa shape index (κ2) is 28.7. The highest BCUT2D eigenvalue weighted by atomic mass is 32.2. The summed E-state index contributed by atoms with van der Waals surface area (Å²) in [4.78, 5) is 14.0. The number of carbonyl (C=O) groups excluding carboxylic acids is 1. The summed E-state index contributed by atoms with van der Waals surface area (Å²) in [6.07, 6.45) is 23.7. The number of thioether (sulfide) groups is 1. The number of aliphatic hydroxyl groups excluding tert-OH is 1.